The van der Waals surface area contributed by atoms with Crippen molar-refractivity contribution in [3.8, 4) is 0 Å². The number of likely N-dealkylation sites (tertiary alicyclic amines) is 1. The zero-order valence-corrected chi connectivity index (χ0v) is 15.3. The normalized spacial score (nSPS) is 28.5. The number of aryl methyl sites for hydroxylation is 1. The molecule has 24 heavy (non-hydrogen) atoms. The van der Waals surface area contributed by atoms with Crippen molar-refractivity contribution in [2.75, 3.05) is 32.8 Å². The van der Waals surface area contributed by atoms with E-state index in [9.17, 15) is 4.79 Å². The molecule has 132 valence electrons. The third-order valence-corrected chi connectivity index (χ3v) is 6.25. The van der Waals surface area contributed by atoms with Crippen LogP contribution in [0.1, 0.15) is 42.8 Å². The Kier molecular flexibility index (Phi) is 4.62. The monoisotopic (exact) mass is 349 g/mol. The molecule has 1 spiro atoms. The van der Waals surface area contributed by atoms with Gasteiger partial charge in [-0.2, -0.15) is 0 Å². The Balaban J connectivity index is 1.38. The maximum absolute atomic E-state index is 12.5. The number of hydrogen-bond acceptors (Lipinski definition) is 5. The number of morpholine rings is 1. The summed E-state index contributed by atoms with van der Waals surface area (Å²) >= 11 is 1.71. The lowest BCUT2D eigenvalue weighted by atomic mass is 9.90. The van der Waals surface area contributed by atoms with Crippen LogP contribution in [0.25, 0.3) is 0 Å². The van der Waals surface area contributed by atoms with Crippen molar-refractivity contribution in [1.82, 2.24) is 14.8 Å². The van der Waals surface area contributed by atoms with Crippen LogP contribution in [0.2, 0.25) is 0 Å². The van der Waals surface area contributed by atoms with Gasteiger partial charge in [-0.25, -0.2) is 4.98 Å². The molecule has 6 heteroatoms. The summed E-state index contributed by atoms with van der Waals surface area (Å²) in [6.07, 6.45) is 5.42. The summed E-state index contributed by atoms with van der Waals surface area (Å²) in [6.45, 7) is 7.17. The first-order chi connectivity index (χ1) is 11.6. The van der Waals surface area contributed by atoms with Crippen molar-refractivity contribution >= 4 is 17.2 Å². The minimum atomic E-state index is -0.166. The highest BCUT2D eigenvalue weighted by atomic mass is 32.1. The second-order valence-electron chi connectivity index (χ2n) is 7.67. The number of hydrogen-bond donors (Lipinski definition) is 0. The first kappa shape index (κ1) is 16.5. The fraction of sp³-hybridized carbons (Fsp3) is 0.778. The Labute approximate surface area is 148 Å². The Bertz CT molecular complexity index is 597. The van der Waals surface area contributed by atoms with Gasteiger partial charge in [-0.1, -0.05) is 0 Å². The molecule has 0 aromatic carbocycles. The predicted molar refractivity (Wildman–Crippen MR) is 94.0 cm³/mol. The fourth-order valence-electron chi connectivity index (χ4n) is 4.04. The van der Waals surface area contributed by atoms with Crippen molar-refractivity contribution in [3.05, 3.63) is 16.1 Å². The molecule has 0 N–H and O–H groups in total. The van der Waals surface area contributed by atoms with E-state index >= 15 is 0 Å². The molecule has 1 unspecified atom stereocenters. The van der Waals surface area contributed by atoms with Crippen LogP contribution < -0.4 is 0 Å². The molecule has 2 saturated heterocycles. The second kappa shape index (κ2) is 6.73. The number of ether oxygens (including phenoxy) is 1. The van der Waals surface area contributed by atoms with Gasteiger partial charge in [0, 0.05) is 31.4 Å². The van der Waals surface area contributed by atoms with Crippen LogP contribution in [0.3, 0.4) is 0 Å². The molecule has 1 amide bonds. The third-order valence-electron chi connectivity index (χ3n) is 5.43. The van der Waals surface area contributed by atoms with Gasteiger partial charge >= 0.3 is 0 Å². The lowest BCUT2D eigenvalue weighted by molar-refractivity contribution is -0.162. The van der Waals surface area contributed by atoms with Gasteiger partial charge in [0.1, 0.15) is 0 Å². The molecule has 4 rings (SSSR count). The molecule has 0 radical (unpaired) electrons. The lowest BCUT2D eigenvalue weighted by Crippen LogP contribution is -2.60. The maximum atomic E-state index is 12.5. The lowest BCUT2D eigenvalue weighted by Gasteiger charge is -2.48. The van der Waals surface area contributed by atoms with Crippen molar-refractivity contribution < 1.29 is 9.53 Å². The molecule has 1 aliphatic carbocycles. The van der Waals surface area contributed by atoms with E-state index in [0.29, 0.717) is 18.4 Å². The van der Waals surface area contributed by atoms with Crippen LogP contribution in [0.5, 0.6) is 0 Å². The van der Waals surface area contributed by atoms with Gasteiger partial charge < -0.3 is 9.64 Å². The van der Waals surface area contributed by atoms with Gasteiger partial charge in [-0.05, 0) is 45.1 Å². The molecule has 1 aromatic rings. The van der Waals surface area contributed by atoms with Crippen molar-refractivity contribution in [2.45, 2.75) is 51.2 Å². The van der Waals surface area contributed by atoms with Gasteiger partial charge in [0.05, 0.1) is 29.5 Å². The van der Waals surface area contributed by atoms with E-state index in [-0.39, 0.29) is 5.60 Å². The maximum Gasteiger partial charge on any atom is 0.223 e. The van der Waals surface area contributed by atoms with Crippen LogP contribution in [0, 0.1) is 12.8 Å². The minimum Gasteiger partial charge on any atom is -0.370 e. The summed E-state index contributed by atoms with van der Waals surface area (Å²) in [7, 11) is 0. The van der Waals surface area contributed by atoms with E-state index in [1.807, 2.05) is 0 Å². The highest BCUT2D eigenvalue weighted by Gasteiger charge is 2.42. The number of amides is 1. The summed E-state index contributed by atoms with van der Waals surface area (Å²) in [5, 5.41) is 3.28. The minimum absolute atomic E-state index is 0.166. The zero-order valence-electron chi connectivity index (χ0n) is 14.5. The van der Waals surface area contributed by atoms with Gasteiger partial charge in [-0.3, -0.25) is 9.69 Å². The number of piperidine rings is 1. The highest BCUT2D eigenvalue weighted by molar-refractivity contribution is 7.09. The van der Waals surface area contributed by atoms with Gasteiger partial charge in [-0.15, -0.1) is 11.3 Å². The average molecular weight is 350 g/mol. The number of nitrogens with zero attached hydrogens (tertiary/aromatic N) is 3. The van der Waals surface area contributed by atoms with Gasteiger partial charge in [0.15, 0.2) is 0 Å². The first-order valence-electron chi connectivity index (χ1n) is 9.17. The number of carbonyl (C=O) groups is 1. The van der Waals surface area contributed by atoms with E-state index in [1.165, 1.54) is 12.8 Å². The Morgan fingerprint density at radius 1 is 1.42 bits per heavy atom. The van der Waals surface area contributed by atoms with Crippen LogP contribution in [-0.4, -0.2) is 59.1 Å². The van der Waals surface area contributed by atoms with Crippen LogP contribution in [-0.2, 0) is 16.1 Å². The smallest absolute Gasteiger partial charge is 0.223 e. The molecule has 1 saturated carbocycles. The number of carbonyl (C=O) groups excluding carboxylic acids is 1. The fourth-order valence-corrected chi connectivity index (χ4v) is 4.64. The van der Waals surface area contributed by atoms with E-state index in [1.54, 1.807) is 11.3 Å². The number of thiazole rings is 1. The molecule has 5 nitrogen and oxygen atoms in total. The highest BCUT2D eigenvalue weighted by Crippen LogP contribution is 2.34. The zero-order chi connectivity index (χ0) is 16.6. The molecule has 1 aromatic heterocycles. The standard InChI is InChI=1S/C18H27N3O2S/c1-14-19-16(11-24-14)10-20-6-2-5-18(12-20)13-21(7-8-23-18)17(22)9-15-3-4-15/h11,15H,2-10,12-13H2,1H3. The SMILES string of the molecule is Cc1nc(CN2CCCC3(C2)CN(C(=O)CC2CC2)CCO3)cs1. The first-order valence-corrected chi connectivity index (χ1v) is 10.0. The third kappa shape index (κ3) is 3.81. The molecule has 2 aliphatic heterocycles. The quantitative estimate of drug-likeness (QED) is 0.838. The summed E-state index contributed by atoms with van der Waals surface area (Å²) in [6, 6.07) is 0. The largest absolute Gasteiger partial charge is 0.370 e. The molecule has 1 atom stereocenters. The van der Waals surface area contributed by atoms with Crippen LogP contribution >= 0.6 is 11.3 Å². The van der Waals surface area contributed by atoms with E-state index < -0.39 is 0 Å². The molecule has 0 bridgehead atoms. The molecular formula is C18H27N3O2S. The van der Waals surface area contributed by atoms with E-state index in [4.69, 9.17) is 4.74 Å². The number of rotatable bonds is 4. The Hall–Kier alpha value is -0.980. The number of aromatic nitrogens is 1. The van der Waals surface area contributed by atoms with Gasteiger partial charge in [0.25, 0.3) is 0 Å². The molecule has 3 aliphatic rings. The van der Waals surface area contributed by atoms with Crippen molar-refractivity contribution in [3.63, 3.8) is 0 Å². The summed E-state index contributed by atoms with van der Waals surface area (Å²) < 4.78 is 6.23. The van der Waals surface area contributed by atoms with Crippen LogP contribution in [0.15, 0.2) is 5.38 Å². The topological polar surface area (TPSA) is 45.7 Å². The Morgan fingerprint density at radius 2 is 2.29 bits per heavy atom. The second-order valence-corrected chi connectivity index (χ2v) is 8.73. The average Bonchev–Trinajstić information content (AvgIpc) is 3.28. The molecule has 3 fully saturated rings. The predicted octanol–water partition coefficient (Wildman–Crippen LogP) is 2.45. The van der Waals surface area contributed by atoms with Crippen molar-refractivity contribution in [2.24, 2.45) is 5.92 Å². The Morgan fingerprint density at radius 3 is 3.04 bits per heavy atom. The summed E-state index contributed by atoms with van der Waals surface area (Å²) in [4.78, 5) is 21.6. The molecule has 3 heterocycles. The molecular weight excluding hydrogens is 322 g/mol. The van der Waals surface area contributed by atoms with E-state index in [0.717, 1.165) is 62.7 Å². The van der Waals surface area contributed by atoms with Crippen LogP contribution in [0.4, 0.5) is 0 Å². The van der Waals surface area contributed by atoms with Crippen molar-refractivity contribution in [1.29, 1.82) is 0 Å². The summed E-state index contributed by atoms with van der Waals surface area (Å²) in [5.74, 6) is 1.000. The summed E-state index contributed by atoms with van der Waals surface area (Å²) in [5.41, 5.74) is 0.993. The van der Waals surface area contributed by atoms with E-state index in [2.05, 4.69) is 27.1 Å². The van der Waals surface area contributed by atoms with Gasteiger partial charge in [0.2, 0.25) is 5.91 Å².